The number of hydrazine groups is 1. The van der Waals surface area contributed by atoms with Gasteiger partial charge in [0.25, 0.3) is 0 Å². The van der Waals surface area contributed by atoms with E-state index in [1.165, 1.54) is 0 Å². The van der Waals surface area contributed by atoms with Gasteiger partial charge in [0, 0.05) is 29.5 Å². The molecule has 0 spiro atoms. The van der Waals surface area contributed by atoms with Crippen LogP contribution in [0, 0.1) is 0 Å². The highest BCUT2D eigenvalue weighted by atomic mass is 35.5. The lowest BCUT2D eigenvalue weighted by atomic mass is 10.1. The van der Waals surface area contributed by atoms with Crippen LogP contribution in [0.4, 0.5) is 0 Å². The number of ether oxygens (including phenoxy) is 2. The monoisotopic (exact) mass is 410 g/mol. The number of para-hydroxylation sites is 1. The third-order valence-corrected chi connectivity index (χ3v) is 5.01. The van der Waals surface area contributed by atoms with Crippen LogP contribution in [0.15, 0.2) is 72.9 Å². The zero-order valence-corrected chi connectivity index (χ0v) is 16.8. The van der Waals surface area contributed by atoms with Gasteiger partial charge in [-0.25, -0.2) is 10.8 Å². The maximum atomic E-state index is 6.24. The Bertz CT molecular complexity index is 971. The molecule has 0 bridgehead atoms. The fraction of sp³-hybridized carbons (Fsp3) is 0.227. The van der Waals surface area contributed by atoms with E-state index in [-0.39, 0.29) is 0 Å². The Labute approximate surface area is 175 Å². The van der Waals surface area contributed by atoms with Crippen molar-refractivity contribution in [2.24, 2.45) is 5.84 Å². The second-order valence-corrected chi connectivity index (χ2v) is 7.15. The zero-order valence-electron chi connectivity index (χ0n) is 16.0. The molecule has 4 rings (SSSR count). The Morgan fingerprint density at radius 2 is 1.86 bits per heavy atom. The number of aromatic nitrogens is 2. The molecule has 0 amide bonds. The molecule has 1 saturated heterocycles. The summed E-state index contributed by atoms with van der Waals surface area (Å²) in [6.07, 6.45) is 7.42. The largest absolute Gasteiger partial charge is 0.490 e. The summed E-state index contributed by atoms with van der Waals surface area (Å²) in [4.78, 5) is 4.21. The van der Waals surface area contributed by atoms with Gasteiger partial charge >= 0.3 is 0 Å². The van der Waals surface area contributed by atoms with E-state index in [0.717, 1.165) is 47.8 Å². The summed E-state index contributed by atoms with van der Waals surface area (Å²) in [5, 5.41) is 2.50. The first kappa shape index (κ1) is 19.4. The minimum absolute atomic E-state index is 0.415. The number of allylic oxidation sites excluding steroid dienone is 1. The molecule has 29 heavy (non-hydrogen) atoms. The highest BCUT2D eigenvalue weighted by Gasteiger charge is 2.22. The molecule has 0 unspecified atom stereocenters. The van der Waals surface area contributed by atoms with E-state index in [9.17, 15) is 0 Å². The second-order valence-electron chi connectivity index (χ2n) is 6.71. The predicted molar refractivity (Wildman–Crippen MR) is 114 cm³/mol. The number of rotatable bonds is 7. The number of hydrogen-bond donors (Lipinski definition) is 1. The number of imidazole rings is 1. The molecular formula is C22H23ClN4O2. The number of hydrogen-bond acceptors (Lipinski definition) is 5. The summed E-state index contributed by atoms with van der Waals surface area (Å²) in [7, 11) is 0. The average Bonchev–Trinajstić information content (AvgIpc) is 3.41. The molecular weight excluding hydrogens is 388 g/mol. The van der Waals surface area contributed by atoms with Crippen LogP contribution in [0.3, 0.4) is 0 Å². The summed E-state index contributed by atoms with van der Waals surface area (Å²) in [6, 6.07) is 15.3. The zero-order chi connectivity index (χ0) is 20.1. The van der Waals surface area contributed by atoms with E-state index in [2.05, 4.69) is 4.98 Å². The van der Waals surface area contributed by atoms with Crippen molar-refractivity contribution in [2.45, 2.75) is 12.8 Å². The topological polar surface area (TPSA) is 65.5 Å². The Morgan fingerprint density at radius 3 is 2.59 bits per heavy atom. The molecule has 2 aromatic carbocycles. The van der Waals surface area contributed by atoms with Crippen LogP contribution in [-0.4, -0.2) is 34.3 Å². The highest BCUT2D eigenvalue weighted by Crippen LogP contribution is 2.34. The van der Waals surface area contributed by atoms with Crippen LogP contribution in [0.25, 0.3) is 5.70 Å². The Hall–Kier alpha value is -2.96. The van der Waals surface area contributed by atoms with Gasteiger partial charge in [-0.3, -0.25) is 0 Å². The molecule has 1 fully saturated rings. The van der Waals surface area contributed by atoms with Crippen molar-refractivity contribution in [1.29, 1.82) is 0 Å². The third-order valence-electron chi connectivity index (χ3n) is 4.76. The minimum Gasteiger partial charge on any atom is -0.490 e. The Morgan fingerprint density at radius 1 is 1.07 bits per heavy atom. The lowest BCUT2D eigenvalue weighted by Gasteiger charge is -2.21. The number of nitrogens with zero attached hydrogens (tertiary/aromatic N) is 3. The van der Waals surface area contributed by atoms with Gasteiger partial charge in [-0.1, -0.05) is 23.7 Å². The van der Waals surface area contributed by atoms with Gasteiger partial charge in [0.05, 0.1) is 17.7 Å². The minimum atomic E-state index is 0.415. The first-order chi connectivity index (χ1) is 14.2. The van der Waals surface area contributed by atoms with Crippen LogP contribution in [-0.2, 0) is 0 Å². The third kappa shape index (κ3) is 4.55. The van der Waals surface area contributed by atoms with Crippen LogP contribution in [0.5, 0.6) is 11.5 Å². The molecule has 1 aromatic heterocycles. The number of benzene rings is 2. The summed E-state index contributed by atoms with van der Waals surface area (Å²) in [6.45, 7) is 1.68. The lowest BCUT2D eigenvalue weighted by Crippen LogP contribution is -2.27. The fourth-order valence-electron chi connectivity index (χ4n) is 3.41. The van der Waals surface area contributed by atoms with Crippen molar-refractivity contribution < 1.29 is 9.47 Å². The summed E-state index contributed by atoms with van der Waals surface area (Å²) < 4.78 is 13.8. The van der Waals surface area contributed by atoms with Crippen LogP contribution < -0.4 is 15.3 Å². The Kier molecular flexibility index (Phi) is 6.03. The molecule has 0 aliphatic carbocycles. The first-order valence-corrected chi connectivity index (χ1v) is 9.94. The second kappa shape index (κ2) is 9.03. The van der Waals surface area contributed by atoms with Gasteiger partial charge in [0.15, 0.2) is 0 Å². The summed E-state index contributed by atoms with van der Waals surface area (Å²) in [5.74, 6) is 7.78. The van der Waals surface area contributed by atoms with Gasteiger partial charge < -0.3 is 19.0 Å². The molecule has 150 valence electrons. The Balaban J connectivity index is 1.53. The van der Waals surface area contributed by atoms with Crippen molar-refractivity contribution in [3.63, 3.8) is 0 Å². The van der Waals surface area contributed by atoms with E-state index in [0.29, 0.717) is 18.2 Å². The molecule has 2 N–H and O–H groups in total. The fourth-order valence-corrected chi connectivity index (χ4v) is 3.54. The number of halogens is 1. The van der Waals surface area contributed by atoms with Crippen LogP contribution >= 0.6 is 11.6 Å². The SMILES string of the molecule is NN1CCCC1=C(c1ccccc1OCCOc1ccc(Cl)cc1)n1ccnc1. The van der Waals surface area contributed by atoms with E-state index in [1.54, 1.807) is 24.7 Å². The molecule has 3 aromatic rings. The summed E-state index contributed by atoms with van der Waals surface area (Å²) in [5.41, 5.74) is 3.05. The average molecular weight is 411 g/mol. The van der Waals surface area contributed by atoms with Crippen molar-refractivity contribution in [2.75, 3.05) is 19.8 Å². The molecule has 7 heteroatoms. The van der Waals surface area contributed by atoms with Gasteiger partial charge in [-0.15, -0.1) is 0 Å². The van der Waals surface area contributed by atoms with E-state index >= 15 is 0 Å². The van der Waals surface area contributed by atoms with Crippen molar-refractivity contribution in [1.82, 2.24) is 14.6 Å². The van der Waals surface area contributed by atoms with Crippen molar-refractivity contribution in [3.8, 4) is 11.5 Å². The molecule has 2 heterocycles. The highest BCUT2D eigenvalue weighted by molar-refractivity contribution is 6.30. The van der Waals surface area contributed by atoms with Gasteiger partial charge in [-0.2, -0.15) is 0 Å². The van der Waals surface area contributed by atoms with Gasteiger partial charge in [0.1, 0.15) is 24.7 Å². The van der Waals surface area contributed by atoms with Crippen molar-refractivity contribution >= 4 is 17.3 Å². The van der Waals surface area contributed by atoms with E-state index < -0.39 is 0 Å². The maximum absolute atomic E-state index is 6.24. The molecule has 0 atom stereocenters. The van der Waals surface area contributed by atoms with E-state index in [1.807, 2.05) is 52.2 Å². The summed E-state index contributed by atoms with van der Waals surface area (Å²) >= 11 is 5.90. The van der Waals surface area contributed by atoms with Gasteiger partial charge in [-0.05, 0) is 49.2 Å². The predicted octanol–water partition coefficient (Wildman–Crippen LogP) is 4.18. The lowest BCUT2D eigenvalue weighted by molar-refractivity contribution is 0.216. The molecule has 6 nitrogen and oxygen atoms in total. The molecule has 1 aliphatic heterocycles. The first-order valence-electron chi connectivity index (χ1n) is 9.56. The quantitative estimate of drug-likeness (QED) is 0.467. The molecule has 1 aliphatic rings. The smallest absolute Gasteiger partial charge is 0.128 e. The van der Waals surface area contributed by atoms with Gasteiger partial charge in [0.2, 0.25) is 0 Å². The molecule has 0 radical (unpaired) electrons. The van der Waals surface area contributed by atoms with Crippen LogP contribution in [0.1, 0.15) is 18.4 Å². The standard InChI is InChI=1S/C22H23ClN4O2/c23-17-7-9-18(10-8-17)28-14-15-29-21-6-2-1-4-19(21)22(26-13-11-25-16-26)20-5-3-12-27(20)24/h1-2,4,6-11,13,16H,3,5,12,14-15,24H2. The van der Waals surface area contributed by atoms with Crippen LogP contribution in [0.2, 0.25) is 5.02 Å². The normalized spacial score (nSPS) is 15.4. The molecule has 0 saturated carbocycles. The van der Waals surface area contributed by atoms with Crippen molar-refractivity contribution in [3.05, 3.63) is 83.5 Å². The number of nitrogens with two attached hydrogens (primary N) is 1. The van der Waals surface area contributed by atoms with E-state index in [4.69, 9.17) is 26.9 Å². The maximum Gasteiger partial charge on any atom is 0.128 e.